The molecule has 2 fully saturated rings. The molecule has 1 saturated heterocycles. The topological polar surface area (TPSA) is 67.2 Å². The van der Waals surface area contributed by atoms with Gasteiger partial charge in [-0.1, -0.05) is 112 Å². The predicted molar refractivity (Wildman–Crippen MR) is 188 cm³/mol. The van der Waals surface area contributed by atoms with Gasteiger partial charge in [0, 0.05) is 12.4 Å². The minimum absolute atomic E-state index is 0.0744. The molecule has 0 unspecified atom stereocenters. The van der Waals surface area contributed by atoms with Gasteiger partial charge >= 0.3 is 6.03 Å². The molecule has 3 amide bonds. The number of pyridine rings is 1. The van der Waals surface area contributed by atoms with E-state index in [1.807, 2.05) is 102 Å². The van der Waals surface area contributed by atoms with Crippen molar-refractivity contribution in [1.82, 2.24) is 14.3 Å². The summed E-state index contributed by atoms with van der Waals surface area (Å²) in [4.78, 5) is 37.5. The average molecular weight is 643 g/mol. The maximum absolute atomic E-state index is 15.0. The zero-order valence-electron chi connectivity index (χ0n) is 27.8. The normalized spacial score (nSPS) is 16.0. The number of imidazole rings is 1. The maximum atomic E-state index is 15.0. The second-order valence-corrected chi connectivity index (χ2v) is 19.2. The van der Waals surface area contributed by atoms with E-state index >= 15 is 0 Å². The molecule has 0 spiro atoms. The fourth-order valence-electron chi connectivity index (χ4n) is 6.48. The van der Waals surface area contributed by atoms with Gasteiger partial charge in [0.15, 0.2) is 14.0 Å². The first kappa shape index (κ1) is 31.1. The van der Waals surface area contributed by atoms with E-state index in [2.05, 4.69) is 46.1 Å². The highest BCUT2D eigenvalue weighted by atomic mass is 28.4. The monoisotopic (exact) mass is 642 g/mol. The van der Waals surface area contributed by atoms with Gasteiger partial charge in [-0.15, -0.1) is 0 Å². The highest BCUT2D eigenvalue weighted by Gasteiger charge is 2.53. The van der Waals surface area contributed by atoms with Crippen molar-refractivity contribution in [2.75, 3.05) is 11.4 Å². The van der Waals surface area contributed by atoms with Gasteiger partial charge in [-0.25, -0.2) is 14.7 Å². The Morgan fingerprint density at radius 1 is 0.809 bits per heavy atom. The van der Waals surface area contributed by atoms with E-state index in [0.717, 1.165) is 40.8 Å². The van der Waals surface area contributed by atoms with Crippen LogP contribution in [-0.2, 0) is 21.4 Å². The summed E-state index contributed by atoms with van der Waals surface area (Å²) >= 11 is 0. The highest BCUT2D eigenvalue weighted by Crippen LogP contribution is 2.47. The fraction of sp³-hybridized carbons (Fsp3) is 0.308. The number of imide groups is 1. The van der Waals surface area contributed by atoms with E-state index in [0.29, 0.717) is 23.9 Å². The third kappa shape index (κ3) is 5.39. The molecule has 3 heterocycles. The van der Waals surface area contributed by atoms with Crippen molar-refractivity contribution in [3.05, 3.63) is 137 Å². The number of carbonyl (C=O) groups excluding carboxylic acids is 2. The Balaban J connectivity index is 1.36. The van der Waals surface area contributed by atoms with Crippen molar-refractivity contribution in [3.63, 3.8) is 0 Å². The van der Waals surface area contributed by atoms with Crippen molar-refractivity contribution in [3.8, 4) is 0 Å². The highest BCUT2D eigenvalue weighted by molar-refractivity contribution is 6.74. The lowest BCUT2D eigenvalue weighted by Crippen LogP contribution is -2.52. The van der Waals surface area contributed by atoms with Gasteiger partial charge in [0.2, 0.25) is 0 Å². The van der Waals surface area contributed by atoms with Crippen LogP contribution in [0.25, 0.3) is 5.65 Å². The lowest BCUT2D eigenvalue weighted by molar-refractivity contribution is -0.127. The third-order valence-electron chi connectivity index (χ3n) is 10.2. The molecule has 3 aromatic carbocycles. The van der Waals surface area contributed by atoms with Crippen LogP contribution in [0.2, 0.25) is 18.1 Å². The lowest BCUT2D eigenvalue weighted by Gasteiger charge is -2.42. The van der Waals surface area contributed by atoms with Gasteiger partial charge in [-0.3, -0.25) is 9.69 Å². The number of hydrogen-bond acceptors (Lipinski definition) is 4. The van der Waals surface area contributed by atoms with Crippen molar-refractivity contribution < 1.29 is 14.0 Å². The van der Waals surface area contributed by atoms with Crippen LogP contribution in [0.15, 0.2) is 109 Å². The van der Waals surface area contributed by atoms with Crippen LogP contribution in [0.1, 0.15) is 67.5 Å². The van der Waals surface area contributed by atoms with E-state index < -0.39 is 13.9 Å². The van der Waals surface area contributed by atoms with Gasteiger partial charge in [0.05, 0.1) is 18.0 Å². The van der Waals surface area contributed by atoms with E-state index in [4.69, 9.17) is 9.41 Å². The van der Waals surface area contributed by atoms with Crippen LogP contribution in [0, 0.1) is 0 Å². The molecule has 0 N–H and O–H groups in total. The van der Waals surface area contributed by atoms with Gasteiger partial charge in [-0.05, 0) is 65.2 Å². The molecule has 0 radical (unpaired) electrons. The van der Waals surface area contributed by atoms with Crippen molar-refractivity contribution in [2.24, 2.45) is 0 Å². The molecule has 240 valence electrons. The summed E-state index contributed by atoms with van der Waals surface area (Å²) in [6.07, 6.45) is 6.36. The Kier molecular flexibility index (Phi) is 7.68. The standard InChI is InChI=1S/C39H42N4O3Si/c1-38(2,3)47(4,5)46-27-33-25-41-24-29(28-21-22-28)23-34(36(41)40-33)42-26-35(44)43(37(42)45)39(30-15-9-6-10-16-30,31-17-11-7-12-18-31)32-19-13-8-14-20-32/h6-20,23-25,28H,21-22,26-27H2,1-5H3. The van der Waals surface area contributed by atoms with Crippen molar-refractivity contribution >= 4 is 31.6 Å². The largest absolute Gasteiger partial charge is 0.411 e. The number of amides is 3. The first-order chi connectivity index (χ1) is 22.5. The molecular formula is C39H42N4O3Si. The number of benzene rings is 3. The number of rotatable bonds is 9. The number of fused-ring (bicyclic) bond motifs is 1. The summed E-state index contributed by atoms with van der Waals surface area (Å²) in [5.74, 6) is 0.170. The van der Waals surface area contributed by atoms with Crippen LogP contribution in [0.5, 0.6) is 0 Å². The van der Waals surface area contributed by atoms with Crippen LogP contribution in [0.3, 0.4) is 0 Å². The van der Waals surface area contributed by atoms with E-state index in [1.54, 1.807) is 4.90 Å². The molecule has 1 aliphatic heterocycles. The van der Waals surface area contributed by atoms with Gasteiger partial charge in [0.1, 0.15) is 12.1 Å². The van der Waals surface area contributed by atoms with Crippen molar-refractivity contribution in [2.45, 2.75) is 69.8 Å². The Labute approximate surface area is 277 Å². The van der Waals surface area contributed by atoms with Gasteiger partial charge in [0.25, 0.3) is 5.91 Å². The first-order valence-corrected chi connectivity index (χ1v) is 19.4. The zero-order chi connectivity index (χ0) is 33.0. The molecule has 1 saturated carbocycles. The Morgan fingerprint density at radius 2 is 1.34 bits per heavy atom. The van der Waals surface area contributed by atoms with Crippen molar-refractivity contribution in [1.29, 1.82) is 0 Å². The number of urea groups is 1. The number of aromatic nitrogens is 2. The maximum Gasteiger partial charge on any atom is 0.333 e. The Morgan fingerprint density at radius 3 is 1.83 bits per heavy atom. The van der Waals surface area contributed by atoms with E-state index in [1.165, 1.54) is 4.90 Å². The van der Waals surface area contributed by atoms with Crippen LogP contribution in [-0.4, -0.2) is 41.1 Å². The zero-order valence-corrected chi connectivity index (χ0v) is 28.8. The smallest absolute Gasteiger partial charge is 0.333 e. The SMILES string of the molecule is CC(C)(C)[Si](C)(C)OCc1cn2cc(C3CC3)cc(N3CC(=O)N(C(c4ccccc4)(c4ccccc4)c4ccccc4)C3=O)c2n1. The van der Waals surface area contributed by atoms with Crippen LogP contribution >= 0.6 is 0 Å². The minimum Gasteiger partial charge on any atom is -0.411 e. The van der Waals surface area contributed by atoms with E-state index in [9.17, 15) is 9.59 Å². The molecule has 2 aromatic heterocycles. The lowest BCUT2D eigenvalue weighted by atomic mass is 9.75. The molecule has 0 bridgehead atoms. The van der Waals surface area contributed by atoms with E-state index in [-0.39, 0.29) is 23.5 Å². The molecular weight excluding hydrogens is 601 g/mol. The summed E-state index contributed by atoms with van der Waals surface area (Å²) in [6.45, 7) is 11.5. The summed E-state index contributed by atoms with van der Waals surface area (Å²) in [7, 11) is -2.01. The molecule has 0 atom stereocenters. The number of nitrogens with zero attached hydrogens (tertiary/aromatic N) is 4. The first-order valence-electron chi connectivity index (χ1n) is 16.5. The summed E-state index contributed by atoms with van der Waals surface area (Å²) in [5, 5.41) is 0.0744. The summed E-state index contributed by atoms with van der Waals surface area (Å²) in [5.41, 5.74) is 4.59. The van der Waals surface area contributed by atoms with Gasteiger partial charge in [-0.2, -0.15) is 0 Å². The fourth-order valence-corrected chi connectivity index (χ4v) is 7.42. The predicted octanol–water partition coefficient (Wildman–Crippen LogP) is 8.49. The molecule has 2 aliphatic rings. The van der Waals surface area contributed by atoms with Gasteiger partial charge < -0.3 is 8.83 Å². The minimum atomic E-state index is -2.01. The number of carbonyl (C=O) groups is 2. The number of hydrogen-bond donors (Lipinski definition) is 0. The number of anilines is 1. The second kappa shape index (κ2) is 11.6. The Bertz CT molecular complexity index is 1830. The molecule has 47 heavy (non-hydrogen) atoms. The average Bonchev–Trinajstić information content (AvgIpc) is 3.77. The molecule has 8 heteroatoms. The molecule has 7 rings (SSSR count). The molecule has 5 aromatic rings. The second-order valence-electron chi connectivity index (χ2n) is 14.4. The molecule has 7 nitrogen and oxygen atoms in total. The molecule has 1 aliphatic carbocycles. The van der Waals surface area contributed by atoms with Crippen LogP contribution < -0.4 is 4.90 Å². The summed E-state index contributed by atoms with van der Waals surface area (Å²) < 4.78 is 8.55. The Hall–Kier alpha value is -4.53. The third-order valence-corrected chi connectivity index (χ3v) is 14.7. The quantitative estimate of drug-likeness (QED) is 0.0919. The van der Waals surface area contributed by atoms with Crippen LogP contribution in [0.4, 0.5) is 10.5 Å². The summed E-state index contributed by atoms with van der Waals surface area (Å²) in [6, 6.07) is 31.3.